The number of benzene rings is 1. The van der Waals surface area contributed by atoms with E-state index < -0.39 is 4.92 Å². The van der Waals surface area contributed by atoms with Crippen molar-refractivity contribution in [1.82, 2.24) is 4.98 Å². The average molecular weight is 228 g/mol. The highest BCUT2D eigenvalue weighted by Gasteiger charge is 2.08. The van der Waals surface area contributed by atoms with Gasteiger partial charge in [0, 0.05) is 11.6 Å². The molecule has 0 saturated heterocycles. The highest BCUT2D eigenvalue weighted by Crippen LogP contribution is 2.23. The summed E-state index contributed by atoms with van der Waals surface area (Å²) in [6.07, 6.45) is 1.29. The van der Waals surface area contributed by atoms with Crippen molar-refractivity contribution < 1.29 is 4.92 Å². The second-order valence-electron chi connectivity index (χ2n) is 3.98. The van der Waals surface area contributed by atoms with Gasteiger partial charge >= 0.3 is 0 Å². The fraction of sp³-hybridized carbons (Fsp3) is 0.154. The molecule has 1 heterocycles. The maximum atomic E-state index is 10.5. The molecule has 0 aliphatic heterocycles. The maximum absolute atomic E-state index is 10.5. The Kier molecular flexibility index (Phi) is 2.87. The van der Waals surface area contributed by atoms with E-state index in [1.54, 1.807) is 6.07 Å². The third kappa shape index (κ3) is 2.30. The molecule has 86 valence electrons. The topological polar surface area (TPSA) is 56.0 Å². The summed E-state index contributed by atoms with van der Waals surface area (Å²) in [5.41, 5.74) is 4.04. The Hall–Kier alpha value is -2.23. The van der Waals surface area contributed by atoms with Crippen LogP contribution in [-0.2, 0) is 0 Å². The molecular weight excluding hydrogens is 216 g/mol. The van der Waals surface area contributed by atoms with Crippen LogP contribution in [0.2, 0.25) is 0 Å². The van der Waals surface area contributed by atoms with Crippen molar-refractivity contribution in [1.29, 1.82) is 0 Å². The molecule has 1 aromatic heterocycles. The molecule has 2 aromatic rings. The molecule has 0 spiro atoms. The molecule has 0 saturated carbocycles. The normalized spacial score (nSPS) is 10.2. The highest BCUT2D eigenvalue weighted by molar-refractivity contribution is 5.64. The second-order valence-corrected chi connectivity index (χ2v) is 3.98. The number of nitrogens with zero attached hydrogens (tertiary/aromatic N) is 2. The lowest BCUT2D eigenvalue weighted by Crippen LogP contribution is -1.91. The third-order valence-corrected chi connectivity index (χ3v) is 2.63. The molecule has 1 aromatic carbocycles. The monoisotopic (exact) mass is 228 g/mol. The lowest BCUT2D eigenvalue weighted by Gasteiger charge is -2.05. The fourth-order valence-electron chi connectivity index (χ4n) is 1.67. The first kappa shape index (κ1) is 11.3. The van der Waals surface area contributed by atoms with E-state index in [2.05, 4.69) is 4.98 Å². The van der Waals surface area contributed by atoms with Crippen LogP contribution in [0.15, 0.2) is 36.5 Å². The minimum atomic E-state index is -0.445. The van der Waals surface area contributed by atoms with Gasteiger partial charge in [-0.15, -0.1) is 0 Å². The first-order valence-corrected chi connectivity index (χ1v) is 5.26. The number of aromatic nitrogens is 1. The standard InChI is InChI=1S/C13H12N2O2/c1-9-3-4-10(2)12(7-9)13-6-5-11(8-14-13)15(16)17/h3-8H,1-2H3. The van der Waals surface area contributed by atoms with Crippen LogP contribution in [-0.4, -0.2) is 9.91 Å². The summed E-state index contributed by atoms with van der Waals surface area (Å²) >= 11 is 0. The summed E-state index contributed by atoms with van der Waals surface area (Å²) in [7, 11) is 0. The van der Waals surface area contributed by atoms with Crippen molar-refractivity contribution in [3.63, 3.8) is 0 Å². The van der Waals surface area contributed by atoms with E-state index in [9.17, 15) is 10.1 Å². The molecule has 0 radical (unpaired) electrons. The average Bonchev–Trinajstić information content (AvgIpc) is 2.32. The van der Waals surface area contributed by atoms with Crippen LogP contribution in [0, 0.1) is 24.0 Å². The van der Waals surface area contributed by atoms with Crippen molar-refractivity contribution in [2.24, 2.45) is 0 Å². The van der Waals surface area contributed by atoms with Crippen molar-refractivity contribution in [3.8, 4) is 11.3 Å². The van der Waals surface area contributed by atoms with E-state index in [0.29, 0.717) is 0 Å². The Morgan fingerprint density at radius 3 is 2.53 bits per heavy atom. The van der Waals surface area contributed by atoms with Gasteiger partial charge in [-0.2, -0.15) is 0 Å². The van der Waals surface area contributed by atoms with Crippen LogP contribution >= 0.6 is 0 Å². The summed E-state index contributed by atoms with van der Waals surface area (Å²) in [4.78, 5) is 14.2. The maximum Gasteiger partial charge on any atom is 0.287 e. The van der Waals surface area contributed by atoms with Gasteiger partial charge in [0.15, 0.2) is 0 Å². The van der Waals surface area contributed by atoms with Crippen LogP contribution < -0.4 is 0 Å². The molecule has 0 bridgehead atoms. The Morgan fingerprint density at radius 1 is 1.18 bits per heavy atom. The molecule has 2 rings (SSSR count). The van der Waals surface area contributed by atoms with Gasteiger partial charge in [0.05, 0.1) is 10.6 Å². The first-order chi connectivity index (χ1) is 8.08. The van der Waals surface area contributed by atoms with E-state index in [1.165, 1.54) is 12.3 Å². The lowest BCUT2D eigenvalue weighted by molar-refractivity contribution is -0.385. The van der Waals surface area contributed by atoms with Crippen LogP contribution in [0.25, 0.3) is 11.3 Å². The molecule has 4 nitrogen and oxygen atoms in total. The molecule has 0 aliphatic carbocycles. The number of aryl methyl sites for hydroxylation is 2. The fourth-order valence-corrected chi connectivity index (χ4v) is 1.67. The zero-order chi connectivity index (χ0) is 12.4. The minimum Gasteiger partial charge on any atom is -0.258 e. The molecular formula is C13H12N2O2. The summed E-state index contributed by atoms with van der Waals surface area (Å²) in [5.74, 6) is 0. The van der Waals surface area contributed by atoms with Crippen molar-refractivity contribution >= 4 is 5.69 Å². The van der Waals surface area contributed by atoms with Crippen molar-refractivity contribution in [2.45, 2.75) is 13.8 Å². The zero-order valence-electron chi connectivity index (χ0n) is 9.68. The third-order valence-electron chi connectivity index (χ3n) is 2.63. The van der Waals surface area contributed by atoms with Gasteiger partial charge in [0.2, 0.25) is 0 Å². The van der Waals surface area contributed by atoms with E-state index in [4.69, 9.17) is 0 Å². The largest absolute Gasteiger partial charge is 0.287 e. The number of nitro groups is 1. The van der Waals surface area contributed by atoms with Crippen LogP contribution in [0.3, 0.4) is 0 Å². The van der Waals surface area contributed by atoms with Crippen LogP contribution in [0.4, 0.5) is 5.69 Å². The number of hydrogen-bond donors (Lipinski definition) is 0. The molecule has 0 aliphatic rings. The van der Waals surface area contributed by atoms with Gasteiger partial charge in [0.25, 0.3) is 5.69 Å². The summed E-state index contributed by atoms with van der Waals surface area (Å²) < 4.78 is 0. The van der Waals surface area contributed by atoms with E-state index >= 15 is 0 Å². The van der Waals surface area contributed by atoms with Gasteiger partial charge in [-0.1, -0.05) is 17.7 Å². The SMILES string of the molecule is Cc1ccc(C)c(-c2ccc([N+](=O)[O-])cn2)c1. The Labute approximate surface area is 99.1 Å². The molecule has 0 unspecified atom stereocenters. The Morgan fingerprint density at radius 2 is 1.94 bits per heavy atom. The summed E-state index contributed by atoms with van der Waals surface area (Å²) in [6.45, 7) is 4.01. The molecule has 4 heteroatoms. The van der Waals surface area contributed by atoms with Gasteiger partial charge in [-0.25, -0.2) is 4.98 Å². The predicted octanol–water partition coefficient (Wildman–Crippen LogP) is 3.27. The van der Waals surface area contributed by atoms with Crippen molar-refractivity contribution in [2.75, 3.05) is 0 Å². The minimum absolute atomic E-state index is 0.0130. The van der Waals surface area contributed by atoms with Gasteiger partial charge in [0.1, 0.15) is 6.20 Å². The van der Waals surface area contributed by atoms with Gasteiger partial charge in [-0.05, 0) is 31.5 Å². The predicted molar refractivity (Wildman–Crippen MR) is 65.8 cm³/mol. The number of rotatable bonds is 2. The molecule has 17 heavy (non-hydrogen) atoms. The lowest BCUT2D eigenvalue weighted by atomic mass is 10.0. The van der Waals surface area contributed by atoms with Gasteiger partial charge in [-0.3, -0.25) is 10.1 Å². The first-order valence-electron chi connectivity index (χ1n) is 5.26. The van der Waals surface area contributed by atoms with E-state index in [1.807, 2.05) is 32.0 Å². The van der Waals surface area contributed by atoms with Crippen LogP contribution in [0.5, 0.6) is 0 Å². The summed E-state index contributed by atoms with van der Waals surface area (Å²) in [6, 6.07) is 9.24. The Bertz CT molecular complexity index is 562. The van der Waals surface area contributed by atoms with E-state index in [-0.39, 0.29) is 5.69 Å². The molecule has 0 N–H and O–H groups in total. The van der Waals surface area contributed by atoms with Crippen LogP contribution in [0.1, 0.15) is 11.1 Å². The number of pyridine rings is 1. The van der Waals surface area contributed by atoms with Gasteiger partial charge < -0.3 is 0 Å². The highest BCUT2D eigenvalue weighted by atomic mass is 16.6. The second kappa shape index (κ2) is 4.33. The number of hydrogen-bond acceptors (Lipinski definition) is 3. The Balaban J connectivity index is 2.46. The quantitative estimate of drug-likeness (QED) is 0.585. The zero-order valence-corrected chi connectivity index (χ0v) is 9.68. The molecule has 0 atom stereocenters. The van der Waals surface area contributed by atoms with E-state index in [0.717, 1.165) is 22.4 Å². The molecule has 0 amide bonds. The van der Waals surface area contributed by atoms with Crippen molar-refractivity contribution in [3.05, 3.63) is 57.8 Å². The smallest absolute Gasteiger partial charge is 0.258 e. The summed E-state index contributed by atoms with van der Waals surface area (Å²) in [5, 5.41) is 10.5. The molecule has 0 fully saturated rings.